The van der Waals surface area contributed by atoms with E-state index in [2.05, 4.69) is 5.32 Å². The summed E-state index contributed by atoms with van der Waals surface area (Å²) in [5.74, 6) is -0.339. The topological polar surface area (TPSA) is 49.4 Å². The molecule has 6 heteroatoms. The normalized spacial score (nSPS) is 16.1. The third-order valence-corrected chi connectivity index (χ3v) is 4.02. The third-order valence-electron chi connectivity index (χ3n) is 3.64. The van der Waals surface area contributed by atoms with Crippen molar-refractivity contribution in [3.05, 3.63) is 35.4 Å². The van der Waals surface area contributed by atoms with Crippen LogP contribution in [0.25, 0.3) is 0 Å². The van der Waals surface area contributed by atoms with Crippen molar-refractivity contribution in [3.8, 4) is 0 Å². The fourth-order valence-electron chi connectivity index (χ4n) is 2.36. The number of amides is 2. The van der Waals surface area contributed by atoms with Crippen LogP contribution in [0.3, 0.4) is 0 Å². The van der Waals surface area contributed by atoms with E-state index in [1.54, 1.807) is 4.90 Å². The molecule has 0 saturated carbocycles. The fraction of sp³-hybridized carbons (Fsp3) is 0.467. The van der Waals surface area contributed by atoms with Crippen molar-refractivity contribution in [1.29, 1.82) is 0 Å². The van der Waals surface area contributed by atoms with Gasteiger partial charge in [-0.05, 0) is 31.9 Å². The first-order valence-corrected chi connectivity index (χ1v) is 7.79. The van der Waals surface area contributed by atoms with Gasteiger partial charge >= 0.3 is 0 Å². The summed E-state index contributed by atoms with van der Waals surface area (Å²) in [6, 6.07) is 7.53. The maximum atomic E-state index is 12.1. The molecule has 2 amide bonds. The first-order valence-electron chi connectivity index (χ1n) is 6.92. The molecule has 1 heterocycles. The van der Waals surface area contributed by atoms with Gasteiger partial charge in [0.25, 0.3) is 11.8 Å². The molecule has 1 aromatic rings. The highest BCUT2D eigenvalue weighted by Gasteiger charge is 2.26. The van der Waals surface area contributed by atoms with Crippen molar-refractivity contribution in [3.63, 3.8) is 0 Å². The lowest BCUT2D eigenvalue weighted by Gasteiger charge is -2.32. The Bertz CT molecular complexity index is 509. The molecule has 114 valence electrons. The van der Waals surface area contributed by atoms with Gasteiger partial charge in [0.1, 0.15) is 0 Å². The minimum atomic E-state index is -1.01. The molecular formula is C15H18Cl2N2O2. The van der Waals surface area contributed by atoms with Gasteiger partial charge in [0.05, 0.1) is 0 Å². The number of carbonyl (C=O) groups excluding carboxylic acids is 2. The highest BCUT2D eigenvalue weighted by molar-refractivity contribution is 6.53. The van der Waals surface area contributed by atoms with E-state index in [0.29, 0.717) is 31.5 Å². The van der Waals surface area contributed by atoms with Gasteiger partial charge in [-0.15, -0.1) is 0 Å². The van der Waals surface area contributed by atoms with Crippen molar-refractivity contribution in [2.24, 2.45) is 0 Å². The molecule has 1 saturated heterocycles. The SMILES string of the molecule is Cc1ccc(C(=O)NC2CCN(C(=O)C(Cl)Cl)CC2)cc1. The van der Waals surface area contributed by atoms with Crippen LogP contribution in [0.1, 0.15) is 28.8 Å². The van der Waals surface area contributed by atoms with Crippen LogP contribution in [0.5, 0.6) is 0 Å². The van der Waals surface area contributed by atoms with E-state index >= 15 is 0 Å². The molecule has 0 aromatic heterocycles. The Morgan fingerprint density at radius 3 is 2.29 bits per heavy atom. The quantitative estimate of drug-likeness (QED) is 0.867. The van der Waals surface area contributed by atoms with Crippen molar-refractivity contribution >= 4 is 35.0 Å². The molecule has 1 fully saturated rings. The summed E-state index contributed by atoms with van der Waals surface area (Å²) in [5, 5.41) is 3.00. The largest absolute Gasteiger partial charge is 0.349 e. The standard InChI is InChI=1S/C15H18Cl2N2O2/c1-10-2-4-11(5-3-10)14(20)18-12-6-8-19(9-7-12)15(21)13(16)17/h2-5,12-13H,6-9H2,1H3,(H,18,20). The smallest absolute Gasteiger partial charge is 0.255 e. The summed E-state index contributed by atoms with van der Waals surface area (Å²) < 4.78 is 0. The fourth-order valence-corrected chi connectivity index (χ4v) is 2.63. The summed E-state index contributed by atoms with van der Waals surface area (Å²) in [6.45, 7) is 3.11. The Morgan fingerprint density at radius 2 is 1.76 bits per heavy atom. The van der Waals surface area contributed by atoms with Crippen molar-refractivity contribution in [2.75, 3.05) is 13.1 Å². The third kappa shape index (κ3) is 4.35. The molecule has 1 aliphatic heterocycles. The number of piperidine rings is 1. The number of nitrogens with zero attached hydrogens (tertiary/aromatic N) is 1. The number of likely N-dealkylation sites (tertiary alicyclic amines) is 1. The molecule has 0 bridgehead atoms. The first kappa shape index (κ1) is 16.1. The van der Waals surface area contributed by atoms with Crippen LogP contribution in [-0.4, -0.2) is 40.7 Å². The lowest BCUT2D eigenvalue weighted by Crippen LogP contribution is -2.47. The Kier molecular flexibility index (Phi) is 5.48. The molecule has 4 nitrogen and oxygen atoms in total. The summed E-state index contributed by atoms with van der Waals surface area (Å²) in [5.41, 5.74) is 1.77. The van der Waals surface area contributed by atoms with Gasteiger partial charge in [-0.1, -0.05) is 40.9 Å². The predicted octanol–water partition coefficient (Wildman–Crippen LogP) is 2.52. The van der Waals surface area contributed by atoms with E-state index in [-0.39, 0.29) is 17.9 Å². The Morgan fingerprint density at radius 1 is 1.19 bits per heavy atom. The van der Waals surface area contributed by atoms with E-state index in [9.17, 15) is 9.59 Å². The molecule has 0 radical (unpaired) electrons. The number of aryl methyl sites for hydroxylation is 1. The molecule has 0 aliphatic carbocycles. The summed E-state index contributed by atoms with van der Waals surface area (Å²) in [6.07, 6.45) is 1.42. The second-order valence-electron chi connectivity index (χ2n) is 5.24. The van der Waals surface area contributed by atoms with Crippen LogP contribution >= 0.6 is 23.2 Å². The van der Waals surface area contributed by atoms with Crippen LogP contribution in [0.15, 0.2) is 24.3 Å². The maximum Gasteiger partial charge on any atom is 0.255 e. The van der Waals surface area contributed by atoms with E-state index in [1.807, 2.05) is 31.2 Å². The minimum absolute atomic E-state index is 0.0759. The number of carbonyl (C=O) groups is 2. The molecule has 0 spiro atoms. The van der Waals surface area contributed by atoms with Crippen LogP contribution in [-0.2, 0) is 4.79 Å². The highest BCUT2D eigenvalue weighted by atomic mass is 35.5. The number of halogens is 2. The second kappa shape index (κ2) is 7.14. The Labute approximate surface area is 134 Å². The van der Waals surface area contributed by atoms with Gasteiger partial charge in [-0.3, -0.25) is 9.59 Å². The lowest BCUT2D eigenvalue weighted by atomic mass is 10.0. The van der Waals surface area contributed by atoms with Crippen LogP contribution in [0.2, 0.25) is 0 Å². The van der Waals surface area contributed by atoms with Gasteiger partial charge in [0, 0.05) is 24.7 Å². The molecule has 21 heavy (non-hydrogen) atoms. The van der Waals surface area contributed by atoms with Gasteiger partial charge in [0.2, 0.25) is 0 Å². The highest BCUT2D eigenvalue weighted by Crippen LogP contribution is 2.15. The van der Waals surface area contributed by atoms with Gasteiger partial charge in [-0.2, -0.15) is 0 Å². The number of nitrogens with one attached hydrogen (secondary N) is 1. The zero-order valence-corrected chi connectivity index (χ0v) is 13.3. The molecule has 0 unspecified atom stereocenters. The summed E-state index contributed by atoms with van der Waals surface area (Å²) >= 11 is 11.2. The predicted molar refractivity (Wildman–Crippen MR) is 83.7 cm³/mol. The van der Waals surface area contributed by atoms with Gasteiger partial charge in [-0.25, -0.2) is 0 Å². The first-order chi connectivity index (χ1) is 9.97. The van der Waals surface area contributed by atoms with Crippen molar-refractivity contribution in [2.45, 2.75) is 30.6 Å². The van der Waals surface area contributed by atoms with Crippen molar-refractivity contribution in [1.82, 2.24) is 10.2 Å². The lowest BCUT2D eigenvalue weighted by molar-refractivity contribution is -0.130. The molecule has 1 aliphatic rings. The van der Waals surface area contributed by atoms with Crippen LogP contribution < -0.4 is 5.32 Å². The van der Waals surface area contributed by atoms with Crippen LogP contribution in [0.4, 0.5) is 0 Å². The number of hydrogen-bond donors (Lipinski definition) is 1. The molecule has 0 atom stereocenters. The Hall–Kier alpha value is -1.26. The Balaban J connectivity index is 1.84. The zero-order chi connectivity index (χ0) is 15.4. The molecular weight excluding hydrogens is 311 g/mol. The monoisotopic (exact) mass is 328 g/mol. The zero-order valence-electron chi connectivity index (χ0n) is 11.8. The molecule has 2 rings (SSSR count). The van der Waals surface area contributed by atoms with E-state index in [4.69, 9.17) is 23.2 Å². The van der Waals surface area contributed by atoms with Gasteiger partial charge in [0.15, 0.2) is 4.84 Å². The summed E-state index contributed by atoms with van der Waals surface area (Å²) in [7, 11) is 0. The maximum absolute atomic E-state index is 12.1. The minimum Gasteiger partial charge on any atom is -0.349 e. The van der Waals surface area contributed by atoms with E-state index in [1.165, 1.54) is 0 Å². The second-order valence-corrected chi connectivity index (χ2v) is 6.34. The molecule has 1 aromatic carbocycles. The van der Waals surface area contributed by atoms with E-state index < -0.39 is 4.84 Å². The number of alkyl halides is 2. The van der Waals surface area contributed by atoms with Crippen molar-refractivity contribution < 1.29 is 9.59 Å². The average molecular weight is 329 g/mol. The van der Waals surface area contributed by atoms with Crippen LogP contribution in [0, 0.1) is 6.92 Å². The van der Waals surface area contributed by atoms with Gasteiger partial charge < -0.3 is 10.2 Å². The average Bonchev–Trinajstić information content (AvgIpc) is 2.47. The number of benzene rings is 1. The van der Waals surface area contributed by atoms with E-state index in [0.717, 1.165) is 5.56 Å². The number of hydrogen-bond acceptors (Lipinski definition) is 2. The number of rotatable bonds is 3. The molecule has 1 N–H and O–H groups in total. The summed E-state index contributed by atoms with van der Waals surface area (Å²) in [4.78, 5) is 24.4.